The SMILES string of the molecule is CON(C)C(=O)c1ccc(-c2ccc(I)cc2)cc1. The second kappa shape index (κ2) is 6.16. The van der Waals surface area contributed by atoms with Gasteiger partial charge >= 0.3 is 0 Å². The lowest BCUT2D eigenvalue weighted by Gasteiger charge is -2.13. The van der Waals surface area contributed by atoms with Crippen LogP contribution in [0.1, 0.15) is 10.4 Å². The van der Waals surface area contributed by atoms with Crippen LogP contribution in [0.4, 0.5) is 0 Å². The maximum atomic E-state index is 11.9. The largest absolute Gasteiger partial charge is 0.277 e. The normalized spacial score (nSPS) is 10.3. The number of carbonyl (C=O) groups is 1. The van der Waals surface area contributed by atoms with E-state index in [4.69, 9.17) is 4.84 Å². The van der Waals surface area contributed by atoms with E-state index in [1.54, 1.807) is 7.05 Å². The van der Waals surface area contributed by atoms with Gasteiger partial charge in [0.05, 0.1) is 7.11 Å². The van der Waals surface area contributed by atoms with Crippen molar-refractivity contribution in [3.63, 3.8) is 0 Å². The van der Waals surface area contributed by atoms with Gasteiger partial charge in [0, 0.05) is 16.2 Å². The molecule has 2 rings (SSSR count). The fourth-order valence-corrected chi connectivity index (χ4v) is 2.07. The Kier molecular flexibility index (Phi) is 4.55. The molecule has 0 aromatic heterocycles. The molecule has 0 radical (unpaired) electrons. The van der Waals surface area contributed by atoms with Crippen LogP contribution in [0.15, 0.2) is 48.5 Å². The molecule has 98 valence electrons. The van der Waals surface area contributed by atoms with Crippen molar-refractivity contribution in [2.45, 2.75) is 0 Å². The smallest absolute Gasteiger partial charge is 0.274 e. The summed E-state index contributed by atoms with van der Waals surface area (Å²) in [6.45, 7) is 0. The third kappa shape index (κ3) is 3.33. The highest BCUT2D eigenvalue weighted by atomic mass is 127. The number of benzene rings is 2. The molecule has 0 bridgehead atoms. The third-order valence-corrected chi connectivity index (χ3v) is 3.59. The summed E-state index contributed by atoms with van der Waals surface area (Å²) in [6.07, 6.45) is 0. The summed E-state index contributed by atoms with van der Waals surface area (Å²) in [4.78, 5) is 16.7. The van der Waals surface area contributed by atoms with E-state index in [0.717, 1.165) is 11.1 Å². The number of amides is 1. The Hall–Kier alpha value is -1.40. The van der Waals surface area contributed by atoms with Crippen LogP contribution in [0.3, 0.4) is 0 Å². The Labute approximate surface area is 126 Å². The molecule has 0 saturated carbocycles. The fourth-order valence-electron chi connectivity index (χ4n) is 1.71. The molecule has 19 heavy (non-hydrogen) atoms. The monoisotopic (exact) mass is 367 g/mol. The van der Waals surface area contributed by atoms with Gasteiger partial charge in [0.2, 0.25) is 0 Å². The van der Waals surface area contributed by atoms with Crippen LogP contribution in [-0.2, 0) is 4.84 Å². The molecule has 1 amide bonds. The number of carbonyl (C=O) groups excluding carboxylic acids is 1. The van der Waals surface area contributed by atoms with Crippen molar-refractivity contribution in [1.82, 2.24) is 5.06 Å². The van der Waals surface area contributed by atoms with E-state index in [1.807, 2.05) is 24.3 Å². The van der Waals surface area contributed by atoms with Crippen molar-refractivity contribution in [2.24, 2.45) is 0 Å². The standard InChI is InChI=1S/C15H14INO2/c1-17(19-2)15(18)13-5-3-11(4-6-13)12-7-9-14(16)10-8-12/h3-10H,1-2H3. The lowest BCUT2D eigenvalue weighted by Crippen LogP contribution is -2.25. The second-order valence-corrected chi connectivity index (χ2v) is 5.32. The number of nitrogens with zero attached hydrogens (tertiary/aromatic N) is 1. The van der Waals surface area contributed by atoms with Gasteiger partial charge in [-0.25, -0.2) is 5.06 Å². The zero-order valence-electron chi connectivity index (χ0n) is 10.8. The van der Waals surface area contributed by atoms with Gasteiger partial charge in [-0.2, -0.15) is 0 Å². The van der Waals surface area contributed by atoms with Gasteiger partial charge in [0.15, 0.2) is 0 Å². The highest BCUT2D eigenvalue weighted by molar-refractivity contribution is 14.1. The summed E-state index contributed by atoms with van der Waals surface area (Å²) in [6, 6.07) is 15.8. The minimum Gasteiger partial charge on any atom is -0.274 e. The van der Waals surface area contributed by atoms with Crippen molar-refractivity contribution in [3.8, 4) is 11.1 Å². The van der Waals surface area contributed by atoms with Crippen molar-refractivity contribution in [3.05, 3.63) is 57.7 Å². The van der Waals surface area contributed by atoms with Crippen molar-refractivity contribution in [1.29, 1.82) is 0 Å². The van der Waals surface area contributed by atoms with E-state index in [9.17, 15) is 4.79 Å². The molecular formula is C15H14INO2. The summed E-state index contributed by atoms with van der Waals surface area (Å²) >= 11 is 2.28. The van der Waals surface area contributed by atoms with Gasteiger partial charge in [-0.1, -0.05) is 24.3 Å². The average Bonchev–Trinajstić information content (AvgIpc) is 2.46. The van der Waals surface area contributed by atoms with E-state index >= 15 is 0 Å². The molecular weight excluding hydrogens is 353 g/mol. The maximum absolute atomic E-state index is 11.9. The fraction of sp³-hybridized carbons (Fsp3) is 0.133. The van der Waals surface area contributed by atoms with Crippen molar-refractivity contribution >= 4 is 28.5 Å². The maximum Gasteiger partial charge on any atom is 0.277 e. The summed E-state index contributed by atoms with van der Waals surface area (Å²) in [5.74, 6) is -0.156. The minimum absolute atomic E-state index is 0.156. The van der Waals surface area contributed by atoms with Crippen LogP contribution in [0, 0.1) is 3.57 Å². The highest BCUT2D eigenvalue weighted by Gasteiger charge is 2.10. The summed E-state index contributed by atoms with van der Waals surface area (Å²) in [5.41, 5.74) is 2.84. The van der Waals surface area contributed by atoms with E-state index in [1.165, 1.54) is 15.7 Å². The van der Waals surface area contributed by atoms with Crippen LogP contribution in [0.5, 0.6) is 0 Å². The molecule has 0 saturated heterocycles. The Morgan fingerprint density at radius 3 is 1.95 bits per heavy atom. The van der Waals surface area contributed by atoms with E-state index in [0.29, 0.717) is 5.56 Å². The first-order valence-corrected chi connectivity index (χ1v) is 6.88. The Bertz CT molecular complexity index is 564. The molecule has 0 spiro atoms. The predicted octanol–water partition coefficient (Wildman–Crippen LogP) is 3.59. The van der Waals surface area contributed by atoms with Crippen molar-refractivity contribution in [2.75, 3.05) is 14.2 Å². The number of rotatable bonds is 3. The Morgan fingerprint density at radius 1 is 1.00 bits per heavy atom. The first-order chi connectivity index (χ1) is 9.11. The lowest BCUT2D eigenvalue weighted by atomic mass is 10.0. The molecule has 0 unspecified atom stereocenters. The van der Waals surface area contributed by atoms with Gasteiger partial charge in [-0.15, -0.1) is 0 Å². The Morgan fingerprint density at radius 2 is 1.47 bits per heavy atom. The molecule has 4 heteroatoms. The molecule has 0 heterocycles. The number of hydrogen-bond acceptors (Lipinski definition) is 2. The zero-order chi connectivity index (χ0) is 13.8. The summed E-state index contributed by atoms with van der Waals surface area (Å²) in [5, 5.41) is 1.21. The second-order valence-electron chi connectivity index (χ2n) is 4.07. The van der Waals surface area contributed by atoms with Crippen LogP contribution in [0.2, 0.25) is 0 Å². The topological polar surface area (TPSA) is 29.5 Å². The Balaban J connectivity index is 2.23. The molecule has 0 aliphatic carbocycles. The molecule has 2 aromatic rings. The molecule has 0 fully saturated rings. The van der Waals surface area contributed by atoms with Crippen LogP contribution >= 0.6 is 22.6 Å². The average molecular weight is 367 g/mol. The number of hydroxylamine groups is 2. The van der Waals surface area contributed by atoms with Gasteiger partial charge in [-0.05, 0) is 58.0 Å². The molecule has 3 nitrogen and oxygen atoms in total. The first-order valence-electron chi connectivity index (χ1n) is 5.80. The van der Waals surface area contributed by atoms with Crippen LogP contribution in [-0.4, -0.2) is 25.1 Å². The lowest BCUT2D eigenvalue weighted by molar-refractivity contribution is -0.0756. The molecule has 0 aliphatic rings. The summed E-state index contributed by atoms with van der Waals surface area (Å²) in [7, 11) is 3.06. The van der Waals surface area contributed by atoms with E-state index in [2.05, 4.69) is 46.9 Å². The number of hydrogen-bond donors (Lipinski definition) is 0. The van der Waals surface area contributed by atoms with Gasteiger partial charge in [0.25, 0.3) is 5.91 Å². The van der Waals surface area contributed by atoms with E-state index in [-0.39, 0.29) is 5.91 Å². The van der Waals surface area contributed by atoms with E-state index < -0.39 is 0 Å². The zero-order valence-corrected chi connectivity index (χ0v) is 12.9. The quantitative estimate of drug-likeness (QED) is 0.613. The van der Waals surface area contributed by atoms with Gasteiger partial charge in [0.1, 0.15) is 0 Å². The third-order valence-electron chi connectivity index (χ3n) is 2.87. The van der Waals surface area contributed by atoms with Crippen LogP contribution < -0.4 is 0 Å². The molecule has 2 aromatic carbocycles. The minimum atomic E-state index is -0.156. The highest BCUT2D eigenvalue weighted by Crippen LogP contribution is 2.21. The van der Waals surface area contributed by atoms with Gasteiger partial charge < -0.3 is 0 Å². The van der Waals surface area contributed by atoms with Crippen LogP contribution in [0.25, 0.3) is 11.1 Å². The number of halogens is 1. The molecule has 0 atom stereocenters. The summed E-state index contributed by atoms with van der Waals surface area (Å²) < 4.78 is 1.20. The van der Waals surface area contributed by atoms with Gasteiger partial charge in [-0.3, -0.25) is 9.63 Å². The van der Waals surface area contributed by atoms with Crippen molar-refractivity contribution < 1.29 is 9.63 Å². The molecule has 0 N–H and O–H groups in total. The first kappa shape index (κ1) is 14.0. The predicted molar refractivity (Wildman–Crippen MR) is 83.7 cm³/mol. The molecule has 0 aliphatic heterocycles.